The Morgan fingerprint density at radius 2 is 2.00 bits per heavy atom. The van der Waals surface area contributed by atoms with Crippen LogP contribution in [0.2, 0.25) is 0 Å². The van der Waals surface area contributed by atoms with E-state index in [1.165, 1.54) is 6.39 Å². The Morgan fingerprint density at radius 1 is 1.07 bits per heavy atom. The lowest BCUT2D eigenvalue weighted by atomic mass is 10.0. The molecule has 7 nitrogen and oxygen atoms in total. The molecule has 0 unspecified atom stereocenters. The summed E-state index contributed by atoms with van der Waals surface area (Å²) < 4.78 is 6.96. The third-order valence-electron chi connectivity index (χ3n) is 4.62. The van der Waals surface area contributed by atoms with Gasteiger partial charge < -0.3 is 4.42 Å². The van der Waals surface area contributed by atoms with E-state index in [2.05, 4.69) is 15.1 Å². The summed E-state index contributed by atoms with van der Waals surface area (Å²) in [6, 6.07) is 11.0. The molecule has 4 heterocycles. The smallest absolute Gasteiger partial charge is 0.181 e. The lowest BCUT2D eigenvalue weighted by molar-refractivity contribution is 0.0992. The third kappa shape index (κ3) is 2.92. The number of hydrogen-bond donors (Lipinski definition) is 0. The number of carbonyl (C=O) groups is 1. The Morgan fingerprint density at radius 3 is 2.86 bits per heavy atom. The maximum atomic E-state index is 12.7. The van der Waals surface area contributed by atoms with E-state index in [-0.39, 0.29) is 12.2 Å². The standard InChI is InChI=1S/C21H15N5O2/c1-26-11-15(10-24-26)17-4-2-14-9-22-16(7-18(14)25-17)8-20(27)13-3-5-21-19(6-13)23-12-28-21/h2-7,9-12H,8H2,1H3. The van der Waals surface area contributed by atoms with E-state index in [1.54, 1.807) is 35.3 Å². The lowest BCUT2D eigenvalue weighted by Gasteiger charge is -2.04. The second kappa shape index (κ2) is 6.38. The molecule has 5 rings (SSSR count). The number of hydrogen-bond acceptors (Lipinski definition) is 6. The van der Waals surface area contributed by atoms with E-state index in [0.717, 1.165) is 22.2 Å². The number of carbonyl (C=O) groups excluding carboxylic acids is 1. The molecule has 0 saturated heterocycles. The maximum absolute atomic E-state index is 12.7. The van der Waals surface area contributed by atoms with E-state index in [4.69, 9.17) is 9.40 Å². The minimum Gasteiger partial charge on any atom is -0.443 e. The van der Waals surface area contributed by atoms with E-state index in [9.17, 15) is 4.79 Å². The first kappa shape index (κ1) is 16.3. The van der Waals surface area contributed by atoms with Crippen LogP contribution in [-0.2, 0) is 13.5 Å². The number of nitrogens with zero attached hydrogens (tertiary/aromatic N) is 5. The molecule has 0 N–H and O–H groups in total. The van der Waals surface area contributed by atoms with Crippen molar-refractivity contribution in [3.63, 3.8) is 0 Å². The fourth-order valence-electron chi connectivity index (χ4n) is 3.17. The van der Waals surface area contributed by atoms with Crippen LogP contribution in [-0.4, -0.2) is 30.5 Å². The molecule has 1 aromatic carbocycles. The largest absolute Gasteiger partial charge is 0.443 e. The van der Waals surface area contributed by atoms with Gasteiger partial charge in [-0.1, -0.05) is 0 Å². The normalized spacial score (nSPS) is 11.3. The van der Waals surface area contributed by atoms with Gasteiger partial charge in [-0.25, -0.2) is 9.97 Å². The molecule has 0 radical (unpaired) electrons. The van der Waals surface area contributed by atoms with Crippen LogP contribution in [0.5, 0.6) is 0 Å². The highest BCUT2D eigenvalue weighted by Gasteiger charge is 2.12. The van der Waals surface area contributed by atoms with Crippen LogP contribution < -0.4 is 0 Å². The summed E-state index contributed by atoms with van der Waals surface area (Å²) >= 11 is 0. The van der Waals surface area contributed by atoms with Crippen molar-refractivity contribution in [1.29, 1.82) is 0 Å². The zero-order chi connectivity index (χ0) is 19.1. The molecule has 5 aromatic rings. The number of aromatic nitrogens is 5. The van der Waals surface area contributed by atoms with E-state index >= 15 is 0 Å². The third-order valence-corrected chi connectivity index (χ3v) is 4.62. The van der Waals surface area contributed by atoms with Crippen molar-refractivity contribution in [3.8, 4) is 11.3 Å². The van der Waals surface area contributed by atoms with Gasteiger partial charge in [-0.15, -0.1) is 0 Å². The highest BCUT2D eigenvalue weighted by Crippen LogP contribution is 2.21. The van der Waals surface area contributed by atoms with Crippen LogP contribution in [0.3, 0.4) is 0 Å². The van der Waals surface area contributed by atoms with Gasteiger partial charge in [0.1, 0.15) is 5.52 Å². The summed E-state index contributed by atoms with van der Waals surface area (Å²) in [5.41, 5.74) is 5.16. The molecule has 0 aliphatic heterocycles. The number of pyridine rings is 2. The van der Waals surface area contributed by atoms with Gasteiger partial charge in [0.15, 0.2) is 17.8 Å². The van der Waals surface area contributed by atoms with Gasteiger partial charge in [0.25, 0.3) is 0 Å². The number of fused-ring (bicyclic) bond motifs is 2. The quantitative estimate of drug-likeness (QED) is 0.450. The van der Waals surface area contributed by atoms with Crippen molar-refractivity contribution in [2.45, 2.75) is 6.42 Å². The van der Waals surface area contributed by atoms with Crippen molar-refractivity contribution in [2.75, 3.05) is 0 Å². The average Bonchev–Trinajstić information content (AvgIpc) is 3.35. The van der Waals surface area contributed by atoms with Gasteiger partial charge in [-0.3, -0.25) is 14.5 Å². The Hall–Kier alpha value is -3.87. The van der Waals surface area contributed by atoms with Crippen molar-refractivity contribution in [2.24, 2.45) is 7.05 Å². The lowest BCUT2D eigenvalue weighted by Crippen LogP contribution is -2.05. The fraction of sp³-hybridized carbons (Fsp3) is 0.0952. The van der Waals surface area contributed by atoms with Crippen LogP contribution in [0.1, 0.15) is 16.1 Å². The van der Waals surface area contributed by atoms with Gasteiger partial charge in [0, 0.05) is 36.0 Å². The van der Waals surface area contributed by atoms with Gasteiger partial charge in [-0.2, -0.15) is 5.10 Å². The SMILES string of the molecule is Cn1cc(-c2ccc3cnc(CC(=O)c4ccc5ocnc5c4)cc3n2)cn1. The average molecular weight is 369 g/mol. The van der Waals surface area contributed by atoms with E-state index in [1.807, 2.05) is 31.4 Å². The second-order valence-electron chi connectivity index (χ2n) is 6.60. The molecular formula is C21H15N5O2. The Balaban J connectivity index is 1.45. The molecule has 4 aromatic heterocycles. The summed E-state index contributed by atoms with van der Waals surface area (Å²) in [6.45, 7) is 0. The molecule has 0 atom stereocenters. The number of Topliss-reactive ketones (excluding diaryl/α,β-unsaturated/α-hetero) is 1. The molecule has 0 spiro atoms. The number of ketones is 1. The number of benzene rings is 1. The molecular weight excluding hydrogens is 354 g/mol. The van der Waals surface area contributed by atoms with E-state index in [0.29, 0.717) is 22.4 Å². The number of oxazole rings is 1. The van der Waals surface area contributed by atoms with Crippen molar-refractivity contribution < 1.29 is 9.21 Å². The topological polar surface area (TPSA) is 86.7 Å². The summed E-state index contributed by atoms with van der Waals surface area (Å²) in [5.74, 6) is -0.0276. The summed E-state index contributed by atoms with van der Waals surface area (Å²) in [6.07, 6.45) is 7.01. The molecule has 0 aliphatic carbocycles. The minimum atomic E-state index is -0.0276. The summed E-state index contributed by atoms with van der Waals surface area (Å²) in [5, 5.41) is 5.11. The molecule has 7 heteroatoms. The predicted octanol–water partition coefficient (Wildman–Crippen LogP) is 3.60. The van der Waals surface area contributed by atoms with Crippen molar-refractivity contribution in [3.05, 3.63) is 72.6 Å². The van der Waals surface area contributed by atoms with Crippen LogP contribution >= 0.6 is 0 Å². The molecule has 0 amide bonds. The van der Waals surface area contributed by atoms with Crippen LogP contribution in [0, 0.1) is 0 Å². The fourth-order valence-corrected chi connectivity index (χ4v) is 3.17. The van der Waals surface area contributed by atoms with Gasteiger partial charge in [0.2, 0.25) is 0 Å². The Kier molecular flexibility index (Phi) is 3.72. The second-order valence-corrected chi connectivity index (χ2v) is 6.60. The number of rotatable bonds is 4. The molecule has 0 fully saturated rings. The first-order valence-electron chi connectivity index (χ1n) is 8.77. The maximum Gasteiger partial charge on any atom is 0.181 e. The van der Waals surface area contributed by atoms with Crippen LogP contribution in [0.15, 0.2) is 65.8 Å². The molecule has 0 saturated carbocycles. The molecule has 0 aliphatic rings. The highest BCUT2D eigenvalue weighted by atomic mass is 16.3. The molecule has 28 heavy (non-hydrogen) atoms. The van der Waals surface area contributed by atoms with E-state index < -0.39 is 0 Å². The van der Waals surface area contributed by atoms with Crippen molar-refractivity contribution >= 4 is 27.8 Å². The first-order valence-corrected chi connectivity index (χ1v) is 8.77. The molecule has 136 valence electrons. The first-order chi connectivity index (χ1) is 13.7. The highest BCUT2D eigenvalue weighted by molar-refractivity contribution is 6.00. The Bertz CT molecular complexity index is 1340. The summed E-state index contributed by atoms with van der Waals surface area (Å²) in [4.78, 5) is 25.9. The summed E-state index contributed by atoms with van der Waals surface area (Å²) in [7, 11) is 1.87. The van der Waals surface area contributed by atoms with Crippen molar-refractivity contribution in [1.82, 2.24) is 24.7 Å². The monoisotopic (exact) mass is 369 g/mol. The zero-order valence-electron chi connectivity index (χ0n) is 15.0. The van der Waals surface area contributed by atoms with Gasteiger partial charge in [-0.05, 0) is 36.4 Å². The minimum absolute atomic E-state index is 0.0276. The van der Waals surface area contributed by atoms with Gasteiger partial charge >= 0.3 is 0 Å². The Labute approximate surface area is 159 Å². The van der Waals surface area contributed by atoms with Gasteiger partial charge in [0.05, 0.1) is 29.5 Å². The van der Waals surface area contributed by atoms with Crippen LogP contribution in [0.25, 0.3) is 33.3 Å². The predicted molar refractivity (Wildman–Crippen MR) is 104 cm³/mol. The number of aryl methyl sites for hydroxylation is 1. The molecule has 0 bridgehead atoms. The zero-order valence-corrected chi connectivity index (χ0v) is 15.0. The van der Waals surface area contributed by atoms with Crippen LogP contribution in [0.4, 0.5) is 0 Å².